The molecule has 2 aromatic carbocycles. The van der Waals surface area contributed by atoms with E-state index >= 15 is 0 Å². The lowest BCUT2D eigenvalue weighted by Crippen LogP contribution is -2.12. The van der Waals surface area contributed by atoms with Gasteiger partial charge in [0.15, 0.2) is 0 Å². The molecule has 0 aromatic heterocycles. The Labute approximate surface area is 139 Å². The molecule has 0 aliphatic heterocycles. The summed E-state index contributed by atoms with van der Waals surface area (Å²) in [6, 6.07) is 12.3. The van der Waals surface area contributed by atoms with Crippen molar-refractivity contribution in [2.45, 2.75) is 13.0 Å². The number of methoxy groups -OCH3 is 2. The Hall–Kier alpha value is -3.02. The van der Waals surface area contributed by atoms with Crippen LogP contribution in [0.5, 0.6) is 11.5 Å². The van der Waals surface area contributed by atoms with E-state index in [2.05, 4.69) is 9.47 Å². The van der Waals surface area contributed by atoms with Crippen molar-refractivity contribution in [3.05, 3.63) is 59.2 Å². The first-order valence-corrected chi connectivity index (χ1v) is 7.23. The number of benzene rings is 2. The highest BCUT2D eigenvalue weighted by molar-refractivity contribution is 5.95. The van der Waals surface area contributed by atoms with Crippen LogP contribution in [0.3, 0.4) is 0 Å². The smallest absolute Gasteiger partial charge is 0.341 e. The van der Waals surface area contributed by atoms with E-state index in [1.807, 2.05) is 30.3 Å². The molecule has 24 heavy (non-hydrogen) atoms. The predicted octanol–water partition coefficient (Wildman–Crippen LogP) is 2.47. The maximum Gasteiger partial charge on any atom is 0.341 e. The van der Waals surface area contributed by atoms with Crippen LogP contribution in [-0.2, 0) is 27.3 Å². The van der Waals surface area contributed by atoms with Crippen LogP contribution in [-0.4, -0.2) is 31.3 Å². The van der Waals surface area contributed by atoms with Crippen LogP contribution in [0.25, 0.3) is 0 Å². The summed E-state index contributed by atoms with van der Waals surface area (Å²) in [7, 11) is 2.44. The van der Waals surface area contributed by atoms with Crippen LogP contribution < -0.4 is 4.74 Å². The number of ether oxygens (including phenoxy) is 3. The monoisotopic (exact) mass is 330 g/mol. The number of aromatic hydroxyl groups is 1. The average molecular weight is 330 g/mol. The van der Waals surface area contributed by atoms with Gasteiger partial charge in [-0.05, 0) is 17.2 Å². The highest BCUT2D eigenvalue weighted by Crippen LogP contribution is 2.29. The Morgan fingerprint density at radius 3 is 2.38 bits per heavy atom. The average Bonchev–Trinajstić information content (AvgIpc) is 2.60. The molecule has 0 saturated carbocycles. The minimum Gasteiger partial charge on any atom is -0.507 e. The molecule has 0 bridgehead atoms. The molecule has 0 heterocycles. The van der Waals surface area contributed by atoms with E-state index in [9.17, 15) is 14.7 Å². The van der Waals surface area contributed by atoms with Gasteiger partial charge in [0.25, 0.3) is 0 Å². The van der Waals surface area contributed by atoms with E-state index in [0.717, 1.165) is 5.56 Å². The Balaban J connectivity index is 2.29. The van der Waals surface area contributed by atoms with Crippen LogP contribution in [0.2, 0.25) is 0 Å². The number of hydrogen-bond acceptors (Lipinski definition) is 6. The molecule has 2 aromatic rings. The topological polar surface area (TPSA) is 82.1 Å². The lowest BCUT2D eigenvalue weighted by atomic mass is 10.0. The van der Waals surface area contributed by atoms with Gasteiger partial charge in [0.05, 0.1) is 20.6 Å². The van der Waals surface area contributed by atoms with Crippen LogP contribution in [0.15, 0.2) is 42.5 Å². The largest absolute Gasteiger partial charge is 0.507 e. The van der Waals surface area contributed by atoms with Gasteiger partial charge in [-0.2, -0.15) is 0 Å². The van der Waals surface area contributed by atoms with Gasteiger partial charge in [-0.1, -0.05) is 30.3 Å². The van der Waals surface area contributed by atoms with Gasteiger partial charge < -0.3 is 19.3 Å². The van der Waals surface area contributed by atoms with Gasteiger partial charge in [0.1, 0.15) is 23.7 Å². The minimum absolute atomic E-state index is 0.0741. The summed E-state index contributed by atoms with van der Waals surface area (Å²) in [5.41, 5.74) is 1.15. The summed E-state index contributed by atoms with van der Waals surface area (Å²) in [6.07, 6.45) is -0.184. The summed E-state index contributed by atoms with van der Waals surface area (Å²) in [6.45, 7) is 0.287. The number of carbonyl (C=O) groups excluding carboxylic acids is 2. The zero-order valence-corrected chi connectivity index (χ0v) is 13.4. The van der Waals surface area contributed by atoms with Crippen LogP contribution in [0.4, 0.5) is 0 Å². The first-order chi connectivity index (χ1) is 11.5. The normalized spacial score (nSPS) is 10.1. The highest BCUT2D eigenvalue weighted by Gasteiger charge is 2.21. The summed E-state index contributed by atoms with van der Waals surface area (Å²) in [5.74, 6) is -1.25. The standard InChI is InChI=1S/C18H18O6/c1-22-16(20)9-13-8-14(10-15(19)17(13)18(21)23-2)24-11-12-6-4-3-5-7-12/h3-8,10,19H,9,11H2,1-2H3. The van der Waals surface area contributed by atoms with Gasteiger partial charge in [-0.15, -0.1) is 0 Å². The van der Waals surface area contributed by atoms with Crippen molar-refractivity contribution in [1.82, 2.24) is 0 Å². The molecule has 1 N–H and O–H groups in total. The van der Waals surface area contributed by atoms with Gasteiger partial charge >= 0.3 is 11.9 Å². The molecule has 0 atom stereocenters. The SMILES string of the molecule is COC(=O)Cc1cc(OCc2ccccc2)cc(O)c1C(=O)OC. The molecule has 6 heteroatoms. The fourth-order valence-corrected chi connectivity index (χ4v) is 2.19. The quantitative estimate of drug-likeness (QED) is 0.820. The van der Waals surface area contributed by atoms with Crippen molar-refractivity contribution in [1.29, 1.82) is 0 Å². The van der Waals surface area contributed by atoms with Crippen LogP contribution in [0, 0.1) is 0 Å². The van der Waals surface area contributed by atoms with E-state index in [-0.39, 0.29) is 29.9 Å². The number of hydrogen-bond donors (Lipinski definition) is 1. The number of phenols is 1. The van der Waals surface area contributed by atoms with Crippen LogP contribution >= 0.6 is 0 Å². The van der Waals surface area contributed by atoms with Gasteiger partial charge in [-0.3, -0.25) is 4.79 Å². The Bertz CT molecular complexity index is 724. The van der Waals surface area contributed by atoms with E-state index < -0.39 is 11.9 Å². The fourth-order valence-electron chi connectivity index (χ4n) is 2.19. The van der Waals surface area contributed by atoms with Crippen molar-refractivity contribution in [2.75, 3.05) is 14.2 Å². The maximum absolute atomic E-state index is 11.8. The second kappa shape index (κ2) is 8.01. The molecule has 0 saturated heterocycles. The van der Waals surface area contributed by atoms with E-state index in [4.69, 9.17) is 4.74 Å². The first-order valence-electron chi connectivity index (χ1n) is 7.23. The van der Waals surface area contributed by atoms with Crippen molar-refractivity contribution < 1.29 is 28.9 Å². The molecular weight excluding hydrogens is 312 g/mol. The molecule has 0 aliphatic rings. The molecule has 0 unspecified atom stereocenters. The molecule has 0 fully saturated rings. The van der Waals surface area contributed by atoms with Crippen molar-refractivity contribution in [2.24, 2.45) is 0 Å². The van der Waals surface area contributed by atoms with Crippen molar-refractivity contribution >= 4 is 11.9 Å². The zero-order valence-electron chi connectivity index (χ0n) is 13.4. The molecule has 0 amide bonds. The van der Waals surface area contributed by atoms with Crippen molar-refractivity contribution in [3.63, 3.8) is 0 Å². The zero-order chi connectivity index (χ0) is 17.5. The molecule has 6 nitrogen and oxygen atoms in total. The highest BCUT2D eigenvalue weighted by atomic mass is 16.5. The number of phenolic OH excluding ortho intramolecular Hbond substituents is 1. The third-order valence-corrected chi connectivity index (χ3v) is 3.37. The first kappa shape index (κ1) is 17.3. The summed E-state index contributed by atoms with van der Waals surface area (Å²) < 4.78 is 14.9. The Morgan fingerprint density at radius 2 is 1.75 bits per heavy atom. The lowest BCUT2D eigenvalue weighted by Gasteiger charge is -2.13. The third-order valence-electron chi connectivity index (χ3n) is 3.37. The number of carbonyl (C=O) groups is 2. The van der Waals surface area contributed by atoms with Crippen molar-refractivity contribution in [3.8, 4) is 11.5 Å². The molecule has 0 aliphatic carbocycles. The van der Waals surface area contributed by atoms with Gasteiger partial charge in [0.2, 0.25) is 0 Å². The molecule has 2 rings (SSSR count). The molecule has 0 radical (unpaired) electrons. The minimum atomic E-state index is -0.735. The Morgan fingerprint density at radius 1 is 1.04 bits per heavy atom. The predicted molar refractivity (Wildman–Crippen MR) is 85.9 cm³/mol. The third kappa shape index (κ3) is 4.25. The van der Waals surface area contributed by atoms with Gasteiger partial charge in [0, 0.05) is 6.07 Å². The lowest BCUT2D eigenvalue weighted by molar-refractivity contribution is -0.139. The Kier molecular flexibility index (Phi) is 5.78. The summed E-state index contributed by atoms with van der Waals surface area (Å²) >= 11 is 0. The molecule has 126 valence electrons. The number of rotatable bonds is 6. The van der Waals surface area contributed by atoms with E-state index in [1.165, 1.54) is 26.4 Å². The second-order valence-electron chi connectivity index (χ2n) is 5.00. The summed E-state index contributed by atoms with van der Waals surface area (Å²) in [5, 5.41) is 10.1. The summed E-state index contributed by atoms with van der Waals surface area (Å²) in [4.78, 5) is 23.4. The second-order valence-corrected chi connectivity index (χ2v) is 5.00. The molecule has 0 spiro atoms. The fraction of sp³-hybridized carbons (Fsp3) is 0.222. The van der Waals surface area contributed by atoms with Gasteiger partial charge in [-0.25, -0.2) is 4.79 Å². The van der Waals surface area contributed by atoms with Crippen LogP contribution in [0.1, 0.15) is 21.5 Å². The number of esters is 2. The molecular formula is C18H18O6. The van der Waals surface area contributed by atoms with E-state index in [0.29, 0.717) is 5.75 Å². The van der Waals surface area contributed by atoms with E-state index in [1.54, 1.807) is 0 Å². The maximum atomic E-state index is 11.8.